The summed E-state index contributed by atoms with van der Waals surface area (Å²) in [5.41, 5.74) is 0.296. The fraction of sp³-hybridized carbons (Fsp3) is 0.467. The monoisotopic (exact) mass is 309 g/mol. The van der Waals surface area contributed by atoms with Crippen molar-refractivity contribution in [3.8, 4) is 5.75 Å². The minimum atomic E-state index is -0.620. The van der Waals surface area contributed by atoms with Gasteiger partial charge in [0.05, 0.1) is 25.3 Å². The maximum absolute atomic E-state index is 12.3. The van der Waals surface area contributed by atoms with E-state index in [4.69, 9.17) is 9.47 Å². The maximum atomic E-state index is 12.3. The van der Waals surface area contributed by atoms with Gasteiger partial charge >= 0.3 is 5.97 Å². The van der Waals surface area contributed by atoms with Crippen LogP contribution in [0.4, 0.5) is 0 Å². The molecule has 1 aliphatic rings. The van der Waals surface area contributed by atoms with Crippen LogP contribution in [-0.2, 0) is 14.2 Å². The van der Waals surface area contributed by atoms with E-state index in [1.807, 2.05) is 0 Å². The second-order valence-electron chi connectivity index (χ2n) is 4.98. The Morgan fingerprint density at radius 3 is 2.68 bits per heavy atom. The molecule has 0 unspecified atom stereocenters. The Labute approximate surface area is 128 Å². The first-order valence-corrected chi connectivity index (χ1v) is 6.89. The third kappa shape index (κ3) is 3.75. The Balaban J connectivity index is 2.15. The number of hydrogen-bond acceptors (Lipinski definition) is 6. The van der Waals surface area contributed by atoms with Crippen molar-refractivity contribution in [2.45, 2.75) is 18.6 Å². The van der Waals surface area contributed by atoms with E-state index in [1.165, 1.54) is 25.3 Å². The highest BCUT2D eigenvalue weighted by Gasteiger charge is 2.27. The number of phenols is 1. The molecule has 7 heteroatoms. The van der Waals surface area contributed by atoms with Crippen LogP contribution in [0, 0.1) is 0 Å². The summed E-state index contributed by atoms with van der Waals surface area (Å²) in [5.74, 6) is -1.19. The molecule has 2 rings (SSSR count). The van der Waals surface area contributed by atoms with Gasteiger partial charge in [-0.2, -0.15) is 0 Å². The van der Waals surface area contributed by atoms with Gasteiger partial charge in [-0.25, -0.2) is 4.79 Å². The number of ether oxygens (including phenoxy) is 3. The summed E-state index contributed by atoms with van der Waals surface area (Å²) in [6.07, 6.45) is 0.405. The van der Waals surface area contributed by atoms with Crippen molar-refractivity contribution in [2.75, 3.05) is 27.4 Å². The van der Waals surface area contributed by atoms with Crippen molar-refractivity contribution >= 4 is 11.9 Å². The molecule has 2 atom stereocenters. The van der Waals surface area contributed by atoms with Gasteiger partial charge in [0.15, 0.2) is 0 Å². The SMILES string of the molecule is COC(=O)c1cc(O)cc(C(=O)N[C@H]2CCOC[C@@H]2OC)c1. The van der Waals surface area contributed by atoms with Gasteiger partial charge in [-0.15, -0.1) is 0 Å². The van der Waals surface area contributed by atoms with Crippen LogP contribution < -0.4 is 5.32 Å². The number of benzene rings is 1. The molecule has 0 aliphatic carbocycles. The Kier molecular flexibility index (Phi) is 5.35. The van der Waals surface area contributed by atoms with Crippen LogP contribution in [0.1, 0.15) is 27.1 Å². The first-order valence-electron chi connectivity index (χ1n) is 6.89. The van der Waals surface area contributed by atoms with Crippen LogP contribution in [0.15, 0.2) is 18.2 Å². The highest BCUT2D eigenvalue weighted by atomic mass is 16.5. The zero-order valence-corrected chi connectivity index (χ0v) is 12.5. The quantitative estimate of drug-likeness (QED) is 0.796. The van der Waals surface area contributed by atoms with E-state index in [-0.39, 0.29) is 29.0 Å². The molecule has 0 bridgehead atoms. The fourth-order valence-electron chi connectivity index (χ4n) is 2.34. The molecule has 1 heterocycles. The molecular formula is C15H19NO6. The molecule has 1 saturated heterocycles. The predicted octanol–water partition coefficient (Wildman–Crippen LogP) is 0.712. The Hall–Kier alpha value is -2.12. The van der Waals surface area contributed by atoms with Gasteiger partial charge in [-0.3, -0.25) is 4.79 Å². The molecule has 120 valence electrons. The van der Waals surface area contributed by atoms with Crippen molar-refractivity contribution in [1.29, 1.82) is 0 Å². The lowest BCUT2D eigenvalue weighted by Crippen LogP contribution is -2.49. The van der Waals surface area contributed by atoms with E-state index in [1.54, 1.807) is 7.11 Å². The van der Waals surface area contributed by atoms with Crippen molar-refractivity contribution in [3.05, 3.63) is 29.3 Å². The molecule has 0 saturated carbocycles. The van der Waals surface area contributed by atoms with Crippen LogP contribution in [-0.4, -0.2) is 56.6 Å². The number of amides is 1. The van der Waals surface area contributed by atoms with Crippen molar-refractivity contribution in [1.82, 2.24) is 5.32 Å². The highest BCUT2D eigenvalue weighted by molar-refractivity contribution is 5.98. The average molecular weight is 309 g/mol. The van der Waals surface area contributed by atoms with Crippen LogP contribution in [0.2, 0.25) is 0 Å². The van der Waals surface area contributed by atoms with E-state index in [0.717, 1.165) is 0 Å². The molecule has 0 spiro atoms. The lowest BCUT2D eigenvalue weighted by molar-refractivity contribution is -0.0479. The van der Waals surface area contributed by atoms with E-state index >= 15 is 0 Å². The van der Waals surface area contributed by atoms with Gasteiger partial charge in [0.1, 0.15) is 11.9 Å². The zero-order valence-electron chi connectivity index (χ0n) is 12.5. The largest absolute Gasteiger partial charge is 0.508 e. The summed E-state index contributed by atoms with van der Waals surface area (Å²) in [5, 5.41) is 12.5. The van der Waals surface area contributed by atoms with Crippen LogP contribution in [0.3, 0.4) is 0 Å². The minimum Gasteiger partial charge on any atom is -0.508 e. The molecule has 0 radical (unpaired) electrons. The molecule has 0 aromatic heterocycles. The number of methoxy groups -OCH3 is 2. The summed E-state index contributed by atoms with van der Waals surface area (Å²) >= 11 is 0. The summed E-state index contributed by atoms with van der Waals surface area (Å²) in [6.45, 7) is 0.952. The maximum Gasteiger partial charge on any atom is 0.338 e. The van der Waals surface area contributed by atoms with E-state index < -0.39 is 11.9 Å². The zero-order chi connectivity index (χ0) is 16.1. The van der Waals surface area contributed by atoms with Gasteiger partial charge in [0, 0.05) is 19.3 Å². The summed E-state index contributed by atoms with van der Waals surface area (Å²) in [4.78, 5) is 23.8. The second kappa shape index (κ2) is 7.24. The third-order valence-electron chi connectivity index (χ3n) is 3.52. The first kappa shape index (κ1) is 16.3. The van der Waals surface area contributed by atoms with Gasteiger partial charge in [-0.1, -0.05) is 0 Å². The molecule has 2 N–H and O–H groups in total. The van der Waals surface area contributed by atoms with Crippen LogP contribution in [0.5, 0.6) is 5.75 Å². The average Bonchev–Trinajstić information content (AvgIpc) is 2.53. The van der Waals surface area contributed by atoms with Gasteiger partial charge in [0.25, 0.3) is 5.91 Å². The Morgan fingerprint density at radius 2 is 2.00 bits per heavy atom. The highest BCUT2D eigenvalue weighted by Crippen LogP contribution is 2.18. The summed E-state index contributed by atoms with van der Waals surface area (Å²) < 4.78 is 15.2. The topological polar surface area (TPSA) is 94.1 Å². The Bertz CT molecular complexity index is 559. The Morgan fingerprint density at radius 1 is 1.27 bits per heavy atom. The molecule has 1 aromatic carbocycles. The molecular weight excluding hydrogens is 290 g/mol. The lowest BCUT2D eigenvalue weighted by atomic mass is 10.0. The summed E-state index contributed by atoms with van der Waals surface area (Å²) in [6, 6.07) is 3.73. The number of hydrogen-bond donors (Lipinski definition) is 2. The standard InChI is InChI=1S/C15H19NO6/c1-20-13-8-22-4-3-12(13)16-14(18)9-5-10(15(19)21-2)7-11(17)6-9/h5-7,12-13,17H,3-4,8H2,1-2H3,(H,16,18)/t12-,13-/m0/s1. The van der Waals surface area contributed by atoms with Crippen molar-refractivity contribution in [3.63, 3.8) is 0 Å². The number of phenolic OH excluding ortho intramolecular Hbond substituents is 1. The second-order valence-corrected chi connectivity index (χ2v) is 4.98. The minimum absolute atomic E-state index is 0.114. The molecule has 1 amide bonds. The van der Waals surface area contributed by atoms with Crippen molar-refractivity contribution in [2.24, 2.45) is 0 Å². The molecule has 1 fully saturated rings. The number of nitrogens with one attached hydrogen (secondary N) is 1. The predicted molar refractivity (Wildman–Crippen MR) is 76.9 cm³/mol. The van der Waals surface area contributed by atoms with Gasteiger partial charge in [0.2, 0.25) is 0 Å². The number of rotatable bonds is 4. The fourth-order valence-corrected chi connectivity index (χ4v) is 2.34. The van der Waals surface area contributed by atoms with E-state index in [2.05, 4.69) is 10.1 Å². The summed E-state index contributed by atoms with van der Waals surface area (Å²) in [7, 11) is 2.79. The van der Waals surface area contributed by atoms with Crippen molar-refractivity contribution < 1.29 is 28.9 Å². The van der Waals surface area contributed by atoms with E-state index in [0.29, 0.717) is 19.6 Å². The number of carbonyl (C=O) groups excluding carboxylic acids is 2. The third-order valence-corrected chi connectivity index (χ3v) is 3.52. The number of esters is 1. The normalized spacial score (nSPS) is 21.2. The van der Waals surface area contributed by atoms with Crippen LogP contribution in [0.25, 0.3) is 0 Å². The first-order chi connectivity index (χ1) is 10.5. The van der Waals surface area contributed by atoms with Gasteiger partial charge < -0.3 is 24.6 Å². The van der Waals surface area contributed by atoms with Crippen LogP contribution >= 0.6 is 0 Å². The van der Waals surface area contributed by atoms with Gasteiger partial charge in [-0.05, 0) is 24.6 Å². The number of aromatic hydroxyl groups is 1. The lowest BCUT2D eigenvalue weighted by Gasteiger charge is -2.31. The van der Waals surface area contributed by atoms with E-state index in [9.17, 15) is 14.7 Å². The molecule has 22 heavy (non-hydrogen) atoms. The smallest absolute Gasteiger partial charge is 0.338 e. The molecule has 1 aliphatic heterocycles. The molecule has 1 aromatic rings. The number of carbonyl (C=O) groups is 2. The molecule has 7 nitrogen and oxygen atoms in total.